The molecule has 1 rings (SSSR count). The van der Waals surface area contributed by atoms with E-state index < -0.39 is 11.2 Å². The minimum atomic E-state index is -0.496. The van der Waals surface area contributed by atoms with E-state index in [2.05, 4.69) is 0 Å². The van der Waals surface area contributed by atoms with E-state index in [4.69, 9.17) is 10.8 Å². The van der Waals surface area contributed by atoms with Crippen molar-refractivity contribution in [1.29, 1.82) is 0 Å². The van der Waals surface area contributed by atoms with Gasteiger partial charge in [-0.1, -0.05) is 19.1 Å². The molecular weight excluding hydrogens is 241 g/mol. The number of rotatable bonds is 6. The van der Waals surface area contributed by atoms with E-state index in [0.717, 1.165) is 0 Å². The number of aliphatic hydroxyl groups is 1. The third-order valence-corrected chi connectivity index (χ3v) is 3.89. The minimum Gasteiger partial charge on any atom is -0.396 e. The first kappa shape index (κ1) is 14.0. The Morgan fingerprint density at radius 1 is 1.47 bits per heavy atom. The number of primary amides is 1. The fourth-order valence-corrected chi connectivity index (χ4v) is 2.43. The third kappa shape index (κ3) is 4.36. The SMILES string of the molecule is C[C@@H](CO)CS[C@@H](C(N)=O)c1ccc(F)cc1. The maximum atomic E-state index is 12.8. The topological polar surface area (TPSA) is 63.3 Å². The van der Waals surface area contributed by atoms with Crippen LogP contribution in [0.1, 0.15) is 17.7 Å². The molecule has 0 aliphatic carbocycles. The molecule has 0 aliphatic heterocycles. The van der Waals surface area contributed by atoms with Gasteiger partial charge in [0.25, 0.3) is 0 Å². The average molecular weight is 257 g/mol. The molecule has 0 saturated heterocycles. The van der Waals surface area contributed by atoms with Crippen LogP contribution in [0.25, 0.3) is 0 Å². The Morgan fingerprint density at radius 2 is 2.06 bits per heavy atom. The van der Waals surface area contributed by atoms with Crippen molar-refractivity contribution < 1.29 is 14.3 Å². The number of amides is 1. The lowest BCUT2D eigenvalue weighted by molar-refractivity contribution is -0.117. The predicted molar refractivity (Wildman–Crippen MR) is 67.0 cm³/mol. The van der Waals surface area contributed by atoms with Crippen LogP contribution in [0.15, 0.2) is 24.3 Å². The number of thioether (sulfide) groups is 1. The molecule has 0 radical (unpaired) electrons. The summed E-state index contributed by atoms with van der Waals surface area (Å²) in [6.45, 7) is 1.96. The second-order valence-corrected chi connectivity index (χ2v) is 5.09. The van der Waals surface area contributed by atoms with Gasteiger partial charge >= 0.3 is 0 Å². The quantitative estimate of drug-likeness (QED) is 0.815. The second-order valence-electron chi connectivity index (χ2n) is 3.96. The van der Waals surface area contributed by atoms with Gasteiger partial charge in [-0.05, 0) is 29.4 Å². The van der Waals surface area contributed by atoms with Gasteiger partial charge in [0.05, 0.1) is 0 Å². The average Bonchev–Trinajstić information content (AvgIpc) is 2.31. The Bertz CT molecular complexity index is 369. The minimum absolute atomic E-state index is 0.0713. The van der Waals surface area contributed by atoms with Gasteiger partial charge in [-0.25, -0.2) is 4.39 Å². The van der Waals surface area contributed by atoms with Crippen molar-refractivity contribution in [3.8, 4) is 0 Å². The van der Waals surface area contributed by atoms with Gasteiger partial charge in [-0.15, -0.1) is 11.8 Å². The molecule has 0 spiro atoms. The molecule has 1 aromatic rings. The number of aliphatic hydroxyl groups excluding tert-OH is 1. The number of carbonyl (C=O) groups is 1. The van der Waals surface area contributed by atoms with Crippen molar-refractivity contribution in [2.24, 2.45) is 11.7 Å². The van der Waals surface area contributed by atoms with Gasteiger partial charge in [-0.2, -0.15) is 0 Å². The normalized spacial score (nSPS) is 14.3. The number of carbonyl (C=O) groups excluding carboxylic acids is 1. The summed E-state index contributed by atoms with van der Waals surface area (Å²) < 4.78 is 12.8. The highest BCUT2D eigenvalue weighted by molar-refractivity contribution is 8.00. The molecule has 17 heavy (non-hydrogen) atoms. The molecule has 0 bridgehead atoms. The van der Waals surface area contributed by atoms with Crippen molar-refractivity contribution in [3.63, 3.8) is 0 Å². The molecule has 0 saturated carbocycles. The summed E-state index contributed by atoms with van der Waals surface area (Å²) in [6, 6.07) is 5.73. The van der Waals surface area contributed by atoms with Gasteiger partial charge in [0, 0.05) is 6.61 Å². The van der Waals surface area contributed by atoms with Crippen LogP contribution < -0.4 is 5.73 Å². The Hall–Kier alpha value is -1.07. The molecule has 0 aromatic heterocycles. The smallest absolute Gasteiger partial charge is 0.235 e. The monoisotopic (exact) mass is 257 g/mol. The van der Waals surface area contributed by atoms with Gasteiger partial charge in [0.1, 0.15) is 11.1 Å². The maximum absolute atomic E-state index is 12.8. The number of hydrogen-bond donors (Lipinski definition) is 2. The van der Waals surface area contributed by atoms with Gasteiger partial charge in [0.15, 0.2) is 0 Å². The van der Waals surface area contributed by atoms with Crippen LogP contribution in [0, 0.1) is 11.7 Å². The number of halogens is 1. The van der Waals surface area contributed by atoms with Crippen molar-refractivity contribution in [2.75, 3.05) is 12.4 Å². The lowest BCUT2D eigenvalue weighted by Crippen LogP contribution is -2.20. The highest BCUT2D eigenvalue weighted by Gasteiger charge is 2.19. The van der Waals surface area contributed by atoms with Gasteiger partial charge in [0.2, 0.25) is 5.91 Å². The lowest BCUT2D eigenvalue weighted by Gasteiger charge is -2.15. The van der Waals surface area contributed by atoms with E-state index in [-0.39, 0.29) is 18.3 Å². The summed E-state index contributed by atoms with van der Waals surface area (Å²) in [5, 5.41) is 8.42. The molecular formula is C12H16FNO2S. The van der Waals surface area contributed by atoms with Crippen LogP contribution >= 0.6 is 11.8 Å². The van der Waals surface area contributed by atoms with Crippen LogP contribution in [0.2, 0.25) is 0 Å². The van der Waals surface area contributed by atoms with Crippen LogP contribution in [0.5, 0.6) is 0 Å². The van der Waals surface area contributed by atoms with Crippen LogP contribution in [-0.2, 0) is 4.79 Å². The summed E-state index contributed by atoms with van der Waals surface area (Å²) in [5.41, 5.74) is 6.01. The molecule has 0 unspecified atom stereocenters. The molecule has 2 atom stereocenters. The van der Waals surface area contributed by atoms with Crippen molar-refractivity contribution in [2.45, 2.75) is 12.2 Å². The zero-order valence-corrected chi connectivity index (χ0v) is 10.4. The number of benzene rings is 1. The standard InChI is InChI=1S/C12H16FNO2S/c1-8(6-15)7-17-11(12(14)16)9-2-4-10(13)5-3-9/h2-5,8,11,15H,6-7H2,1H3,(H2,14,16)/t8-,11+/m0/s1. The summed E-state index contributed by atoms with van der Waals surface area (Å²) in [7, 11) is 0. The van der Waals surface area contributed by atoms with E-state index in [9.17, 15) is 9.18 Å². The third-order valence-electron chi connectivity index (χ3n) is 2.29. The molecule has 5 heteroatoms. The van der Waals surface area contributed by atoms with E-state index in [1.807, 2.05) is 6.92 Å². The number of nitrogens with two attached hydrogens (primary N) is 1. The Labute approximate surface area is 104 Å². The first-order valence-corrected chi connectivity index (χ1v) is 6.36. The van der Waals surface area contributed by atoms with E-state index >= 15 is 0 Å². The van der Waals surface area contributed by atoms with E-state index in [1.54, 1.807) is 12.1 Å². The highest BCUT2D eigenvalue weighted by atomic mass is 32.2. The molecule has 3 N–H and O–H groups in total. The van der Waals surface area contributed by atoms with Crippen molar-refractivity contribution in [3.05, 3.63) is 35.6 Å². The van der Waals surface area contributed by atoms with Crippen LogP contribution in [0.4, 0.5) is 4.39 Å². The van der Waals surface area contributed by atoms with Crippen LogP contribution in [0.3, 0.4) is 0 Å². The first-order chi connectivity index (χ1) is 8.04. The zero-order valence-electron chi connectivity index (χ0n) is 9.60. The molecule has 0 fully saturated rings. The van der Waals surface area contributed by atoms with E-state index in [0.29, 0.717) is 11.3 Å². The Morgan fingerprint density at radius 3 is 2.53 bits per heavy atom. The molecule has 0 heterocycles. The molecule has 1 amide bonds. The molecule has 3 nitrogen and oxygen atoms in total. The predicted octanol–water partition coefficient (Wildman–Crippen LogP) is 1.71. The summed E-state index contributed by atoms with van der Waals surface area (Å²) in [4.78, 5) is 11.3. The fourth-order valence-electron chi connectivity index (χ4n) is 1.29. The first-order valence-electron chi connectivity index (χ1n) is 5.31. The fraction of sp³-hybridized carbons (Fsp3) is 0.417. The highest BCUT2D eigenvalue weighted by Crippen LogP contribution is 2.30. The molecule has 94 valence electrons. The van der Waals surface area contributed by atoms with Crippen LogP contribution in [-0.4, -0.2) is 23.4 Å². The van der Waals surface area contributed by atoms with Crippen molar-refractivity contribution in [1.82, 2.24) is 0 Å². The lowest BCUT2D eigenvalue weighted by atomic mass is 10.1. The Kier molecular flexibility index (Phi) is 5.44. The molecule has 0 aliphatic rings. The summed E-state index contributed by atoms with van der Waals surface area (Å²) in [5.74, 6) is -0.0682. The van der Waals surface area contributed by atoms with E-state index in [1.165, 1.54) is 23.9 Å². The molecule has 1 aromatic carbocycles. The maximum Gasteiger partial charge on any atom is 0.235 e. The zero-order chi connectivity index (χ0) is 12.8. The van der Waals surface area contributed by atoms with Gasteiger partial charge < -0.3 is 10.8 Å². The summed E-state index contributed by atoms with van der Waals surface area (Å²) in [6.07, 6.45) is 0. The largest absolute Gasteiger partial charge is 0.396 e. The summed E-state index contributed by atoms with van der Waals surface area (Å²) >= 11 is 1.36. The number of hydrogen-bond acceptors (Lipinski definition) is 3. The van der Waals surface area contributed by atoms with Crippen molar-refractivity contribution >= 4 is 17.7 Å². The van der Waals surface area contributed by atoms with Gasteiger partial charge in [-0.3, -0.25) is 4.79 Å². The second kappa shape index (κ2) is 6.61. The Balaban J connectivity index is 2.72.